The number of hydrogen-bond acceptors (Lipinski definition) is 5. The molecular formula is C23H25N3O3. The van der Waals surface area contributed by atoms with Crippen molar-refractivity contribution in [2.45, 2.75) is 25.3 Å². The zero-order chi connectivity index (χ0) is 19.6. The topological polar surface area (TPSA) is 58.8 Å². The van der Waals surface area contributed by atoms with E-state index in [9.17, 15) is 4.79 Å². The molecule has 0 bridgehead atoms. The van der Waals surface area contributed by atoms with Gasteiger partial charge in [0.1, 0.15) is 17.9 Å². The second-order valence-electron chi connectivity index (χ2n) is 7.84. The van der Waals surface area contributed by atoms with Gasteiger partial charge in [0, 0.05) is 37.7 Å². The lowest BCUT2D eigenvalue weighted by molar-refractivity contribution is -0.133. The summed E-state index contributed by atoms with van der Waals surface area (Å²) in [6, 6.07) is 15.9. The van der Waals surface area contributed by atoms with E-state index >= 15 is 0 Å². The van der Waals surface area contributed by atoms with Gasteiger partial charge in [-0.05, 0) is 31.0 Å². The Bertz CT molecular complexity index is 974. The summed E-state index contributed by atoms with van der Waals surface area (Å²) in [5.74, 6) is 2.21. The molecule has 2 aromatic carbocycles. The van der Waals surface area contributed by atoms with Crippen LogP contribution in [0.1, 0.15) is 30.2 Å². The van der Waals surface area contributed by atoms with Crippen molar-refractivity contribution in [2.24, 2.45) is 0 Å². The maximum absolute atomic E-state index is 12.9. The summed E-state index contributed by atoms with van der Waals surface area (Å²) in [4.78, 5) is 21.7. The summed E-state index contributed by atoms with van der Waals surface area (Å²) >= 11 is 0. The summed E-state index contributed by atoms with van der Waals surface area (Å²) in [6.45, 7) is 4.07. The van der Waals surface area contributed by atoms with Gasteiger partial charge in [-0.1, -0.05) is 30.3 Å². The lowest BCUT2D eigenvalue weighted by atomic mass is 9.96. The van der Waals surface area contributed by atoms with E-state index in [0.717, 1.165) is 67.3 Å². The molecule has 5 rings (SSSR count). The van der Waals surface area contributed by atoms with Crippen molar-refractivity contribution in [1.82, 2.24) is 14.8 Å². The number of aromatic nitrogens is 1. The molecule has 1 saturated heterocycles. The van der Waals surface area contributed by atoms with Crippen LogP contribution in [0.15, 0.2) is 52.9 Å². The SMILES string of the molecule is O=C(CN1CCOc2ccccc2C1)N1CCC(c2nc3ccccc3o2)CC1. The molecule has 29 heavy (non-hydrogen) atoms. The lowest BCUT2D eigenvalue weighted by Crippen LogP contribution is -2.44. The third kappa shape index (κ3) is 3.85. The smallest absolute Gasteiger partial charge is 0.236 e. The molecule has 3 heterocycles. The van der Waals surface area contributed by atoms with E-state index in [4.69, 9.17) is 9.15 Å². The van der Waals surface area contributed by atoms with Gasteiger partial charge in [-0.15, -0.1) is 0 Å². The van der Waals surface area contributed by atoms with Crippen LogP contribution in [0.2, 0.25) is 0 Å². The first-order chi connectivity index (χ1) is 14.3. The predicted octanol–water partition coefficient (Wildman–Crippen LogP) is 3.43. The fraction of sp³-hybridized carbons (Fsp3) is 0.391. The van der Waals surface area contributed by atoms with Crippen LogP contribution in [0.25, 0.3) is 11.1 Å². The van der Waals surface area contributed by atoms with Crippen molar-refractivity contribution in [3.63, 3.8) is 0 Å². The molecule has 1 fully saturated rings. The Morgan fingerprint density at radius 3 is 2.69 bits per heavy atom. The highest BCUT2D eigenvalue weighted by molar-refractivity contribution is 5.78. The molecule has 6 nitrogen and oxygen atoms in total. The number of hydrogen-bond donors (Lipinski definition) is 0. The number of fused-ring (bicyclic) bond motifs is 2. The van der Waals surface area contributed by atoms with E-state index in [-0.39, 0.29) is 11.8 Å². The maximum Gasteiger partial charge on any atom is 0.236 e. The van der Waals surface area contributed by atoms with Gasteiger partial charge in [0.05, 0.1) is 6.54 Å². The zero-order valence-electron chi connectivity index (χ0n) is 16.4. The number of ether oxygens (including phenoxy) is 1. The van der Waals surface area contributed by atoms with Crippen LogP contribution in [0, 0.1) is 0 Å². The van der Waals surface area contributed by atoms with E-state index in [1.165, 1.54) is 0 Å². The Kier molecular flexibility index (Phi) is 4.94. The predicted molar refractivity (Wildman–Crippen MR) is 110 cm³/mol. The number of benzene rings is 2. The normalized spacial score (nSPS) is 18.3. The summed E-state index contributed by atoms with van der Waals surface area (Å²) in [5.41, 5.74) is 2.89. The van der Waals surface area contributed by atoms with E-state index in [0.29, 0.717) is 13.2 Å². The van der Waals surface area contributed by atoms with Gasteiger partial charge in [0.15, 0.2) is 11.5 Å². The maximum atomic E-state index is 12.9. The standard InChI is InChI=1S/C23H25N3O3/c27-22(16-25-13-14-28-20-7-3-1-5-18(20)15-25)26-11-9-17(10-12-26)23-24-19-6-2-4-8-21(19)29-23/h1-8,17H,9-16H2. The van der Waals surface area contributed by atoms with Crippen molar-refractivity contribution in [2.75, 3.05) is 32.8 Å². The minimum Gasteiger partial charge on any atom is -0.492 e. The minimum absolute atomic E-state index is 0.195. The van der Waals surface area contributed by atoms with Gasteiger partial charge in [-0.2, -0.15) is 0 Å². The van der Waals surface area contributed by atoms with Gasteiger partial charge in [-0.25, -0.2) is 4.98 Å². The Labute approximate surface area is 170 Å². The summed E-state index contributed by atoms with van der Waals surface area (Å²) in [6.07, 6.45) is 1.79. The van der Waals surface area contributed by atoms with Crippen LogP contribution in [-0.2, 0) is 11.3 Å². The van der Waals surface area contributed by atoms with Gasteiger partial charge >= 0.3 is 0 Å². The summed E-state index contributed by atoms with van der Waals surface area (Å²) in [5, 5.41) is 0. The van der Waals surface area contributed by atoms with Crippen molar-refractivity contribution >= 4 is 17.0 Å². The van der Waals surface area contributed by atoms with Crippen LogP contribution >= 0.6 is 0 Å². The molecule has 0 spiro atoms. The quantitative estimate of drug-likeness (QED) is 0.685. The second kappa shape index (κ2) is 7.87. The van der Waals surface area contributed by atoms with Gasteiger partial charge in [0.2, 0.25) is 5.91 Å². The fourth-order valence-electron chi connectivity index (χ4n) is 4.25. The van der Waals surface area contributed by atoms with Gasteiger partial charge in [-0.3, -0.25) is 9.69 Å². The van der Waals surface area contributed by atoms with Gasteiger partial charge < -0.3 is 14.1 Å². The van der Waals surface area contributed by atoms with E-state index < -0.39 is 0 Å². The van der Waals surface area contributed by atoms with E-state index in [2.05, 4.69) is 16.0 Å². The highest BCUT2D eigenvalue weighted by Gasteiger charge is 2.28. The molecule has 0 unspecified atom stereocenters. The third-order valence-electron chi connectivity index (χ3n) is 5.90. The summed E-state index contributed by atoms with van der Waals surface area (Å²) < 4.78 is 11.7. The number of carbonyl (C=O) groups excluding carboxylic acids is 1. The first-order valence-electron chi connectivity index (χ1n) is 10.3. The van der Waals surface area contributed by atoms with Crippen molar-refractivity contribution in [3.05, 3.63) is 60.0 Å². The molecule has 2 aliphatic rings. The minimum atomic E-state index is 0.195. The Morgan fingerprint density at radius 1 is 1.03 bits per heavy atom. The van der Waals surface area contributed by atoms with Crippen molar-refractivity contribution in [3.8, 4) is 5.75 Å². The molecule has 0 radical (unpaired) electrons. The largest absolute Gasteiger partial charge is 0.492 e. The third-order valence-corrected chi connectivity index (χ3v) is 5.90. The highest BCUT2D eigenvalue weighted by Crippen LogP contribution is 2.30. The van der Waals surface area contributed by atoms with Crippen LogP contribution in [0.5, 0.6) is 5.75 Å². The van der Waals surface area contributed by atoms with Crippen LogP contribution < -0.4 is 4.74 Å². The average Bonchev–Trinajstić information content (AvgIpc) is 3.08. The number of oxazole rings is 1. The number of amides is 1. The highest BCUT2D eigenvalue weighted by atomic mass is 16.5. The van der Waals surface area contributed by atoms with E-state index in [1.54, 1.807) is 0 Å². The number of piperidine rings is 1. The number of para-hydroxylation sites is 3. The molecule has 0 aliphatic carbocycles. The molecule has 150 valence electrons. The van der Waals surface area contributed by atoms with Crippen LogP contribution in [0.3, 0.4) is 0 Å². The van der Waals surface area contributed by atoms with Crippen molar-refractivity contribution in [1.29, 1.82) is 0 Å². The number of rotatable bonds is 3. The van der Waals surface area contributed by atoms with Gasteiger partial charge in [0.25, 0.3) is 0 Å². The molecule has 0 saturated carbocycles. The lowest BCUT2D eigenvalue weighted by Gasteiger charge is -2.32. The number of carbonyl (C=O) groups is 1. The Hall–Kier alpha value is -2.86. The molecule has 1 aromatic heterocycles. The van der Waals surface area contributed by atoms with Crippen LogP contribution in [0.4, 0.5) is 0 Å². The molecule has 6 heteroatoms. The second-order valence-corrected chi connectivity index (χ2v) is 7.84. The molecule has 1 amide bonds. The molecule has 3 aromatic rings. The Morgan fingerprint density at radius 2 is 1.83 bits per heavy atom. The van der Waals surface area contributed by atoms with Crippen molar-refractivity contribution < 1.29 is 13.9 Å². The molecular weight excluding hydrogens is 366 g/mol. The molecule has 2 aliphatic heterocycles. The first-order valence-corrected chi connectivity index (χ1v) is 10.3. The molecule has 0 N–H and O–H groups in total. The Balaban J connectivity index is 1.18. The zero-order valence-corrected chi connectivity index (χ0v) is 16.4. The monoisotopic (exact) mass is 391 g/mol. The first kappa shape index (κ1) is 18.2. The summed E-state index contributed by atoms with van der Waals surface area (Å²) in [7, 11) is 0. The fourth-order valence-corrected chi connectivity index (χ4v) is 4.25. The number of nitrogens with zero attached hydrogens (tertiary/aromatic N) is 3. The average molecular weight is 391 g/mol. The number of likely N-dealkylation sites (tertiary alicyclic amines) is 1. The van der Waals surface area contributed by atoms with Crippen LogP contribution in [-0.4, -0.2) is 53.5 Å². The van der Waals surface area contributed by atoms with E-state index in [1.807, 2.05) is 47.4 Å². The molecule has 0 atom stereocenters.